The van der Waals surface area contributed by atoms with Crippen molar-refractivity contribution in [3.63, 3.8) is 0 Å². The summed E-state index contributed by atoms with van der Waals surface area (Å²) < 4.78 is 10.7. The van der Waals surface area contributed by atoms with Crippen molar-refractivity contribution in [2.24, 2.45) is 0 Å². The molecule has 0 aliphatic carbocycles. The predicted octanol–water partition coefficient (Wildman–Crippen LogP) is 1.01. The number of ether oxygens (including phenoxy) is 2. The van der Waals surface area contributed by atoms with Crippen molar-refractivity contribution in [1.82, 2.24) is 0 Å². The van der Waals surface area contributed by atoms with E-state index in [-0.39, 0.29) is 18.5 Å². The fraction of sp³-hybridized carbons (Fsp3) is 0.778. The second-order valence-electron chi connectivity index (χ2n) is 3.08. The van der Waals surface area contributed by atoms with Crippen LogP contribution in [0.4, 0.5) is 0 Å². The molecule has 0 unspecified atom stereocenters. The van der Waals surface area contributed by atoms with E-state index in [1.807, 2.05) is 0 Å². The molecule has 13 heavy (non-hydrogen) atoms. The molecular formula is C9H13NO3. The topological polar surface area (TPSA) is 59.3 Å². The lowest BCUT2D eigenvalue weighted by Gasteiger charge is -2.32. The van der Waals surface area contributed by atoms with Gasteiger partial charge in [-0.15, -0.1) is 0 Å². The Morgan fingerprint density at radius 1 is 1.54 bits per heavy atom. The molecule has 1 heterocycles. The first kappa shape index (κ1) is 10.2. The molecule has 0 radical (unpaired) electrons. The van der Waals surface area contributed by atoms with Gasteiger partial charge in [0.25, 0.3) is 0 Å². The van der Waals surface area contributed by atoms with E-state index in [1.165, 1.54) is 0 Å². The van der Waals surface area contributed by atoms with Crippen LogP contribution in [0.25, 0.3) is 0 Å². The van der Waals surface area contributed by atoms with Crippen LogP contribution in [0.15, 0.2) is 0 Å². The first-order valence-corrected chi connectivity index (χ1v) is 4.37. The summed E-state index contributed by atoms with van der Waals surface area (Å²) in [7, 11) is 0. The zero-order chi connectivity index (χ0) is 9.68. The lowest BCUT2D eigenvalue weighted by atomic mass is 10.1. The fourth-order valence-electron chi connectivity index (χ4n) is 1.47. The third-order valence-electron chi connectivity index (χ3n) is 1.97. The second kappa shape index (κ2) is 4.95. The molecule has 4 heteroatoms. The third kappa shape index (κ3) is 3.13. The van der Waals surface area contributed by atoms with Gasteiger partial charge in [0.1, 0.15) is 6.29 Å². The smallest absolute Gasteiger partial charge is 0.155 e. The Bertz CT molecular complexity index is 211. The SMILES string of the molecule is C[C@H]1O[C@H](CC=O)C[C@H](CC#N)O1. The van der Waals surface area contributed by atoms with Crippen LogP contribution in [0.2, 0.25) is 0 Å². The van der Waals surface area contributed by atoms with Crippen molar-refractivity contribution in [2.45, 2.75) is 44.7 Å². The summed E-state index contributed by atoms with van der Waals surface area (Å²) in [5.74, 6) is 0. The number of hydrogen-bond donors (Lipinski definition) is 0. The van der Waals surface area contributed by atoms with Gasteiger partial charge < -0.3 is 14.3 Å². The molecule has 1 fully saturated rings. The largest absolute Gasteiger partial charge is 0.349 e. The van der Waals surface area contributed by atoms with Gasteiger partial charge in [0.05, 0.1) is 24.7 Å². The Morgan fingerprint density at radius 3 is 2.85 bits per heavy atom. The Hall–Kier alpha value is -0.920. The van der Waals surface area contributed by atoms with Crippen molar-refractivity contribution in [3.05, 3.63) is 0 Å². The minimum Gasteiger partial charge on any atom is -0.349 e. The van der Waals surface area contributed by atoms with Gasteiger partial charge in [0.15, 0.2) is 6.29 Å². The summed E-state index contributed by atoms with van der Waals surface area (Å²) in [5, 5.41) is 8.48. The monoisotopic (exact) mass is 183 g/mol. The maximum Gasteiger partial charge on any atom is 0.155 e. The van der Waals surface area contributed by atoms with Crippen molar-refractivity contribution >= 4 is 6.29 Å². The zero-order valence-electron chi connectivity index (χ0n) is 7.60. The summed E-state index contributed by atoms with van der Waals surface area (Å²) in [5.41, 5.74) is 0. The van der Waals surface area contributed by atoms with Gasteiger partial charge in [-0.1, -0.05) is 0 Å². The predicted molar refractivity (Wildman–Crippen MR) is 44.7 cm³/mol. The van der Waals surface area contributed by atoms with Gasteiger partial charge >= 0.3 is 0 Å². The minimum absolute atomic E-state index is 0.0837. The summed E-state index contributed by atoms with van der Waals surface area (Å²) in [6.45, 7) is 1.78. The Balaban J connectivity index is 2.43. The van der Waals surface area contributed by atoms with Gasteiger partial charge in [0.2, 0.25) is 0 Å². The van der Waals surface area contributed by atoms with Crippen LogP contribution in [-0.4, -0.2) is 24.8 Å². The molecule has 0 bridgehead atoms. The molecule has 3 atom stereocenters. The number of carbonyl (C=O) groups excluding carboxylic acids is 1. The summed E-state index contributed by atoms with van der Waals surface area (Å²) in [6, 6.07) is 2.05. The van der Waals surface area contributed by atoms with Crippen LogP contribution >= 0.6 is 0 Å². The highest BCUT2D eigenvalue weighted by Crippen LogP contribution is 2.21. The van der Waals surface area contributed by atoms with Crippen molar-refractivity contribution in [2.75, 3.05) is 0 Å². The molecule has 0 aromatic rings. The normalized spacial score (nSPS) is 33.7. The molecule has 1 rings (SSSR count). The van der Waals surface area contributed by atoms with Crippen LogP contribution in [0.1, 0.15) is 26.2 Å². The number of carbonyl (C=O) groups is 1. The van der Waals surface area contributed by atoms with Crippen molar-refractivity contribution < 1.29 is 14.3 Å². The van der Waals surface area contributed by atoms with Crippen molar-refractivity contribution in [3.8, 4) is 6.07 Å². The molecule has 0 N–H and O–H groups in total. The average molecular weight is 183 g/mol. The summed E-state index contributed by atoms with van der Waals surface area (Å²) >= 11 is 0. The molecule has 4 nitrogen and oxygen atoms in total. The molecule has 0 aromatic carbocycles. The lowest BCUT2D eigenvalue weighted by Crippen LogP contribution is -2.36. The van der Waals surface area contributed by atoms with E-state index >= 15 is 0 Å². The van der Waals surface area contributed by atoms with Gasteiger partial charge in [0, 0.05) is 12.8 Å². The fourth-order valence-corrected chi connectivity index (χ4v) is 1.47. The maximum absolute atomic E-state index is 10.3. The maximum atomic E-state index is 10.3. The lowest BCUT2D eigenvalue weighted by molar-refractivity contribution is -0.231. The molecule has 0 aromatic heterocycles. The molecule has 1 aliphatic rings. The van der Waals surface area contributed by atoms with Gasteiger partial charge in [-0.2, -0.15) is 5.26 Å². The second-order valence-corrected chi connectivity index (χ2v) is 3.08. The Kier molecular flexibility index (Phi) is 3.87. The molecule has 0 spiro atoms. The molecule has 0 amide bonds. The Morgan fingerprint density at radius 2 is 2.23 bits per heavy atom. The van der Waals surface area contributed by atoms with E-state index in [2.05, 4.69) is 6.07 Å². The minimum atomic E-state index is -0.308. The van der Waals surface area contributed by atoms with Crippen LogP contribution < -0.4 is 0 Å². The number of hydrogen-bond acceptors (Lipinski definition) is 4. The van der Waals surface area contributed by atoms with E-state index in [0.717, 1.165) is 6.29 Å². The average Bonchev–Trinajstić information content (AvgIpc) is 2.04. The van der Waals surface area contributed by atoms with Crippen molar-refractivity contribution in [1.29, 1.82) is 5.26 Å². The summed E-state index contributed by atoms with van der Waals surface area (Å²) in [6.07, 6.45) is 1.75. The van der Waals surface area contributed by atoms with Gasteiger partial charge in [-0.3, -0.25) is 0 Å². The van der Waals surface area contributed by atoms with E-state index in [4.69, 9.17) is 14.7 Å². The number of rotatable bonds is 3. The van der Waals surface area contributed by atoms with Crippen LogP contribution in [0.5, 0.6) is 0 Å². The highest BCUT2D eigenvalue weighted by Gasteiger charge is 2.26. The standard InChI is InChI=1S/C9H13NO3/c1-7-12-8(2-4-10)6-9(13-7)3-5-11/h5,7-9H,2-3,6H2,1H3/t7-,8+,9-/m1/s1. The molecular weight excluding hydrogens is 170 g/mol. The first-order valence-electron chi connectivity index (χ1n) is 4.37. The number of nitrogens with zero attached hydrogens (tertiary/aromatic N) is 1. The quantitative estimate of drug-likeness (QED) is 0.612. The molecule has 0 saturated carbocycles. The highest BCUT2D eigenvalue weighted by molar-refractivity contribution is 5.50. The first-order chi connectivity index (χ1) is 6.26. The number of nitriles is 1. The molecule has 72 valence electrons. The van der Waals surface area contributed by atoms with Gasteiger partial charge in [-0.25, -0.2) is 0 Å². The summed E-state index contributed by atoms with van der Waals surface area (Å²) in [4.78, 5) is 10.3. The molecule has 1 aliphatic heterocycles. The van der Waals surface area contributed by atoms with Gasteiger partial charge in [-0.05, 0) is 6.92 Å². The van der Waals surface area contributed by atoms with Crippen LogP contribution in [0.3, 0.4) is 0 Å². The highest BCUT2D eigenvalue weighted by atomic mass is 16.7. The Labute approximate surface area is 77.4 Å². The van der Waals surface area contributed by atoms with Crippen LogP contribution in [-0.2, 0) is 14.3 Å². The van der Waals surface area contributed by atoms with E-state index in [0.29, 0.717) is 19.3 Å². The molecule has 1 saturated heterocycles. The number of aldehydes is 1. The van der Waals surface area contributed by atoms with E-state index < -0.39 is 0 Å². The zero-order valence-corrected chi connectivity index (χ0v) is 7.60. The van der Waals surface area contributed by atoms with E-state index in [9.17, 15) is 4.79 Å². The van der Waals surface area contributed by atoms with Crippen LogP contribution in [0, 0.1) is 11.3 Å². The van der Waals surface area contributed by atoms with E-state index in [1.54, 1.807) is 6.92 Å². The third-order valence-corrected chi connectivity index (χ3v) is 1.97.